The summed E-state index contributed by atoms with van der Waals surface area (Å²) in [5.41, 5.74) is 2.31. The van der Waals surface area contributed by atoms with Gasteiger partial charge in [0.25, 0.3) is 0 Å². The third-order valence-corrected chi connectivity index (χ3v) is 2.68. The van der Waals surface area contributed by atoms with Crippen LogP contribution < -0.4 is 0 Å². The van der Waals surface area contributed by atoms with Crippen LogP contribution in [0.25, 0.3) is 11.1 Å². The third-order valence-electron chi connectivity index (χ3n) is 2.37. The van der Waals surface area contributed by atoms with Crippen molar-refractivity contribution in [1.29, 1.82) is 0 Å². The molecule has 2 heteroatoms. The number of hydrogen-bond acceptors (Lipinski definition) is 0. The molecular formula is C13H10ClF. The second-order valence-electron chi connectivity index (χ2n) is 3.41. The highest BCUT2D eigenvalue weighted by Crippen LogP contribution is 2.32. The molecule has 0 atom stereocenters. The molecule has 0 heterocycles. The summed E-state index contributed by atoms with van der Waals surface area (Å²) in [6.45, 7) is 1.92. The summed E-state index contributed by atoms with van der Waals surface area (Å²) in [7, 11) is 0. The van der Waals surface area contributed by atoms with E-state index < -0.39 is 0 Å². The van der Waals surface area contributed by atoms with Crippen molar-refractivity contribution in [2.75, 3.05) is 0 Å². The monoisotopic (exact) mass is 220 g/mol. The van der Waals surface area contributed by atoms with Crippen LogP contribution in [0.2, 0.25) is 5.02 Å². The zero-order valence-corrected chi connectivity index (χ0v) is 9.05. The van der Waals surface area contributed by atoms with Crippen molar-refractivity contribution >= 4 is 11.6 Å². The first kappa shape index (κ1) is 10.2. The number of hydrogen-bond donors (Lipinski definition) is 0. The Morgan fingerprint density at radius 1 is 1.00 bits per heavy atom. The number of halogens is 2. The first-order chi connectivity index (χ1) is 7.20. The van der Waals surface area contributed by atoms with Crippen LogP contribution in [0.5, 0.6) is 0 Å². The van der Waals surface area contributed by atoms with Crippen LogP contribution in [0, 0.1) is 12.7 Å². The molecule has 0 aliphatic rings. The number of rotatable bonds is 1. The maximum absolute atomic E-state index is 13.6. The Bertz CT molecular complexity index is 471. The van der Waals surface area contributed by atoms with E-state index in [1.165, 1.54) is 6.07 Å². The first-order valence-corrected chi connectivity index (χ1v) is 5.08. The maximum Gasteiger partial charge on any atom is 0.131 e. The molecule has 2 aromatic rings. The van der Waals surface area contributed by atoms with Gasteiger partial charge in [0.2, 0.25) is 0 Å². The fourth-order valence-electron chi connectivity index (χ4n) is 1.64. The molecule has 0 spiro atoms. The molecule has 0 fully saturated rings. The second kappa shape index (κ2) is 4.03. The number of aryl methyl sites for hydroxylation is 1. The van der Waals surface area contributed by atoms with Crippen LogP contribution in [-0.2, 0) is 0 Å². The van der Waals surface area contributed by atoms with Gasteiger partial charge < -0.3 is 0 Å². The van der Waals surface area contributed by atoms with Gasteiger partial charge >= 0.3 is 0 Å². The van der Waals surface area contributed by atoms with E-state index in [4.69, 9.17) is 11.6 Å². The lowest BCUT2D eigenvalue weighted by atomic mass is 10.0. The average Bonchev–Trinajstić information content (AvgIpc) is 2.20. The molecule has 0 radical (unpaired) electrons. The quantitative estimate of drug-likeness (QED) is 0.666. The summed E-state index contributed by atoms with van der Waals surface area (Å²) in [6, 6.07) is 12.2. The largest absolute Gasteiger partial charge is 0.206 e. The van der Waals surface area contributed by atoms with Crippen molar-refractivity contribution in [3.05, 3.63) is 58.9 Å². The van der Waals surface area contributed by atoms with Crippen LogP contribution in [0.3, 0.4) is 0 Å². The van der Waals surface area contributed by atoms with Gasteiger partial charge in [-0.2, -0.15) is 0 Å². The smallest absolute Gasteiger partial charge is 0.131 e. The molecule has 0 unspecified atom stereocenters. The summed E-state index contributed by atoms with van der Waals surface area (Å²) >= 11 is 6.07. The van der Waals surface area contributed by atoms with Crippen LogP contribution in [0.15, 0.2) is 42.5 Å². The molecule has 15 heavy (non-hydrogen) atoms. The standard InChI is InChI=1S/C13H10ClF/c1-9-5-4-7-11(14)13(9)10-6-2-3-8-12(10)15/h2-8H,1H3. The zero-order valence-electron chi connectivity index (χ0n) is 8.30. The summed E-state index contributed by atoms with van der Waals surface area (Å²) < 4.78 is 13.6. The lowest BCUT2D eigenvalue weighted by molar-refractivity contribution is 0.631. The fraction of sp³-hybridized carbons (Fsp3) is 0.0769. The molecule has 0 aliphatic heterocycles. The molecule has 0 saturated heterocycles. The van der Waals surface area contributed by atoms with Crippen molar-refractivity contribution in [2.24, 2.45) is 0 Å². The van der Waals surface area contributed by atoms with Crippen LogP contribution in [0.1, 0.15) is 5.56 Å². The summed E-state index contributed by atoms with van der Waals surface area (Å²) in [6.07, 6.45) is 0. The highest BCUT2D eigenvalue weighted by atomic mass is 35.5. The average molecular weight is 221 g/mol. The van der Waals surface area contributed by atoms with E-state index >= 15 is 0 Å². The summed E-state index contributed by atoms with van der Waals surface area (Å²) in [5.74, 6) is -0.242. The zero-order chi connectivity index (χ0) is 10.8. The lowest BCUT2D eigenvalue weighted by Gasteiger charge is -2.08. The summed E-state index contributed by atoms with van der Waals surface area (Å²) in [5, 5.41) is 0.583. The maximum atomic E-state index is 13.6. The minimum absolute atomic E-state index is 0.242. The lowest BCUT2D eigenvalue weighted by Crippen LogP contribution is -1.88. The molecule has 76 valence electrons. The van der Waals surface area contributed by atoms with Gasteiger partial charge in [0.1, 0.15) is 5.82 Å². The predicted octanol–water partition coefficient (Wildman–Crippen LogP) is 4.45. The minimum atomic E-state index is -0.242. The normalized spacial score (nSPS) is 10.3. The Morgan fingerprint density at radius 2 is 1.73 bits per heavy atom. The second-order valence-corrected chi connectivity index (χ2v) is 3.82. The predicted molar refractivity (Wildman–Crippen MR) is 61.6 cm³/mol. The van der Waals surface area contributed by atoms with Gasteiger partial charge in [-0.1, -0.05) is 41.9 Å². The van der Waals surface area contributed by atoms with Crippen molar-refractivity contribution in [1.82, 2.24) is 0 Å². The highest BCUT2D eigenvalue weighted by molar-refractivity contribution is 6.33. The van der Waals surface area contributed by atoms with Crippen LogP contribution in [-0.4, -0.2) is 0 Å². The molecule has 0 nitrogen and oxygen atoms in total. The molecule has 0 aromatic heterocycles. The summed E-state index contributed by atoms with van der Waals surface area (Å²) in [4.78, 5) is 0. The van der Waals surface area contributed by atoms with Gasteiger partial charge in [0.15, 0.2) is 0 Å². The van der Waals surface area contributed by atoms with Gasteiger partial charge in [0, 0.05) is 16.1 Å². The molecule has 0 bridgehead atoms. The highest BCUT2D eigenvalue weighted by Gasteiger charge is 2.09. The van der Waals surface area contributed by atoms with Gasteiger partial charge in [-0.3, -0.25) is 0 Å². The molecule has 0 saturated carbocycles. The molecule has 2 rings (SSSR count). The Kier molecular flexibility index (Phi) is 2.74. The van der Waals surface area contributed by atoms with Crippen molar-refractivity contribution in [2.45, 2.75) is 6.92 Å². The van der Waals surface area contributed by atoms with Gasteiger partial charge in [-0.15, -0.1) is 0 Å². The fourth-order valence-corrected chi connectivity index (χ4v) is 1.96. The van der Waals surface area contributed by atoms with Gasteiger partial charge in [0.05, 0.1) is 0 Å². The van der Waals surface area contributed by atoms with Gasteiger partial charge in [-0.25, -0.2) is 4.39 Å². The molecule has 0 aliphatic carbocycles. The van der Waals surface area contributed by atoms with E-state index in [1.54, 1.807) is 24.3 Å². The van der Waals surface area contributed by atoms with E-state index in [1.807, 2.05) is 19.1 Å². The van der Waals surface area contributed by atoms with E-state index in [-0.39, 0.29) is 5.82 Å². The van der Waals surface area contributed by atoms with E-state index in [0.717, 1.165) is 11.1 Å². The SMILES string of the molecule is Cc1cccc(Cl)c1-c1ccccc1F. The molecule has 2 aromatic carbocycles. The van der Waals surface area contributed by atoms with Crippen molar-refractivity contribution < 1.29 is 4.39 Å². The van der Waals surface area contributed by atoms with Crippen LogP contribution >= 0.6 is 11.6 Å². The molecular weight excluding hydrogens is 211 g/mol. The van der Waals surface area contributed by atoms with Crippen LogP contribution in [0.4, 0.5) is 4.39 Å². The van der Waals surface area contributed by atoms with E-state index in [9.17, 15) is 4.39 Å². The van der Waals surface area contributed by atoms with E-state index in [2.05, 4.69) is 0 Å². The Morgan fingerprint density at radius 3 is 2.40 bits per heavy atom. The number of benzene rings is 2. The Labute approximate surface area is 93.3 Å². The minimum Gasteiger partial charge on any atom is -0.206 e. The Balaban J connectivity index is 2.69. The molecule has 0 N–H and O–H groups in total. The van der Waals surface area contributed by atoms with Crippen molar-refractivity contribution in [3.8, 4) is 11.1 Å². The van der Waals surface area contributed by atoms with Crippen molar-refractivity contribution in [3.63, 3.8) is 0 Å². The van der Waals surface area contributed by atoms with Gasteiger partial charge in [-0.05, 0) is 24.6 Å². The first-order valence-electron chi connectivity index (χ1n) is 4.70. The third kappa shape index (κ3) is 1.88. The molecule has 0 amide bonds. The van der Waals surface area contributed by atoms with E-state index in [0.29, 0.717) is 10.6 Å². The topological polar surface area (TPSA) is 0 Å². The Hall–Kier alpha value is -1.34.